The van der Waals surface area contributed by atoms with Crippen molar-refractivity contribution >= 4 is 40.4 Å². The van der Waals surface area contributed by atoms with Crippen molar-refractivity contribution in [2.24, 2.45) is 0 Å². The molecule has 1 aromatic carbocycles. The highest BCUT2D eigenvalue weighted by Gasteiger charge is 2.42. The molecule has 1 atom stereocenters. The molecule has 0 spiro atoms. The zero-order valence-electron chi connectivity index (χ0n) is 17.2. The fourth-order valence-electron chi connectivity index (χ4n) is 4.57. The number of hydrogen-bond donors (Lipinski definition) is 1. The molecule has 0 radical (unpaired) electrons. The number of carbonyl (C=O) groups excluding carboxylic acids is 1. The van der Waals surface area contributed by atoms with Gasteiger partial charge >= 0.3 is 6.03 Å². The molecule has 2 aliphatic rings. The standard InChI is InChI=1S/C22H22Cl2FN5O2/c23-14-2-1-13(17(24)10-14)9-16-11-29(22(31)30(16)15-5-7-32-8-6-15)12-20-26-18-3-4-19(25)27-21(18)28-20/h1-4,10,15-16H,5-9,11-12H2,(H,26,27,28). The van der Waals surface area contributed by atoms with Gasteiger partial charge in [0.25, 0.3) is 0 Å². The number of halogens is 3. The molecule has 7 nitrogen and oxygen atoms in total. The Labute approximate surface area is 194 Å². The number of H-pyrrole nitrogens is 1. The van der Waals surface area contributed by atoms with Gasteiger partial charge in [0.05, 0.1) is 18.1 Å². The Kier molecular flexibility index (Phi) is 5.92. The number of benzene rings is 1. The minimum atomic E-state index is -0.585. The van der Waals surface area contributed by atoms with Gasteiger partial charge in [-0.05, 0) is 49.1 Å². The second-order valence-corrected chi connectivity index (χ2v) is 9.04. The van der Waals surface area contributed by atoms with Crippen molar-refractivity contribution in [3.05, 3.63) is 57.7 Å². The number of aromatic nitrogens is 3. The molecule has 32 heavy (non-hydrogen) atoms. The average molecular weight is 478 g/mol. The highest BCUT2D eigenvalue weighted by Crippen LogP contribution is 2.30. The van der Waals surface area contributed by atoms with Crippen LogP contribution in [0.3, 0.4) is 0 Å². The van der Waals surface area contributed by atoms with Crippen LogP contribution in [0.2, 0.25) is 10.0 Å². The lowest BCUT2D eigenvalue weighted by Crippen LogP contribution is -2.46. The van der Waals surface area contributed by atoms with E-state index >= 15 is 0 Å². The number of pyridine rings is 1. The predicted octanol–water partition coefficient (Wildman–Crippen LogP) is 4.43. The van der Waals surface area contributed by atoms with Crippen LogP contribution < -0.4 is 0 Å². The molecule has 2 amide bonds. The Hall–Kier alpha value is -2.42. The summed E-state index contributed by atoms with van der Waals surface area (Å²) in [5.41, 5.74) is 1.90. The monoisotopic (exact) mass is 477 g/mol. The number of hydrogen-bond acceptors (Lipinski definition) is 4. The van der Waals surface area contributed by atoms with E-state index in [-0.39, 0.29) is 18.1 Å². The van der Waals surface area contributed by atoms with Gasteiger partial charge in [-0.15, -0.1) is 0 Å². The Morgan fingerprint density at radius 1 is 1.16 bits per heavy atom. The molecule has 0 bridgehead atoms. The van der Waals surface area contributed by atoms with Crippen LogP contribution in [0.5, 0.6) is 0 Å². The summed E-state index contributed by atoms with van der Waals surface area (Å²) in [6.45, 7) is 2.11. The molecule has 3 aromatic rings. The number of urea groups is 1. The van der Waals surface area contributed by atoms with E-state index in [1.165, 1.54) is 6.07 Å². The van der Waals surface area contributed by atoms with E-state index < -0.39 is 5.95 Å². The van der Waals surface area contributed by atoms with Crippen molar-refractivity contribution in [2.45, 2.75) is 37.9 Å². The molecule has 4 heterocycles. The maximum absolute atomic E-state index is 13.5. The van der Waals surface area contributed by atoms with Crippen LogP contribution in [0.4, 0.5) is 9.18 Å². The Morgan fingerprint density at radius 2 is 1.97 bits per heavy atom. The molecule has 10 heteroatoms. The van der Waals surface area contributed by atoms with E-state index in [4.69, 9.17) is 27.9 Å². The van der Waals surface area contributed by atoms with Gasteiger partial charge in [-0.1, -0.05) is 29.3 Å². The number of amides is 2. The van der Waals surface area contributed by atoms with E-state index in [9.17, 15) is 9.18 Å². The van der Waals surface area contributed by atoms with Gasteiger partial charge in [0.15, 0.2) is 5.65 Å². The highest BCUT2D eigenvalue weighted by atomic mass is 35.5. The van der Waals surface area contributed by atoms with Gasteiger partial charge in [0.1, 0.15) is 5.82 Å². The normalized spacial score (nSPS) is 20.0. The topological polar surface area (TPSA) is 74.4 Å². The van der Waals surface area contributed by atoms with E-state index in [1.54, 1.807) is 17.0 Å². The summed E-state index contributed by atoms with van der Waals surface area (Å²) in [5, 5.41) is 1.18. The number of nitrogens with one attached hydrogen (secondary N) is 1. The number of aromatic amines is 1. The number of ether oxygens (including phenoxy) is 1. The van der Waals surface area contributed by atoms with Gasteiger partial charge < -0.3 is 19.5 Å². The lowest BCUT2D eigenvalue weighted by Gasteiger charge is -2.34. The summed E-state index contributed by atoms with van der Waals surface area (Å²) in [5.74, 6) is -0.0121. The van der Waals surface area contributed by atoms with Gasteiger partial charge in [0.2, 0.25) is 5.95 Å². The first kappa shape index (κ1) is 21.4. The zero-order chi connectivity index (χ0) is 22.2. The molecule has 0 saturated carbocycles. The average Bonchev–Trinajstić information content (AvgIpc) is 3.30. The first-order valence-electron chi connectivity index (χ1n) is 10.6. The number of carbonyl (C=O) groups is 1. The Balaban J connectivity index is 1.40. The van der Waals surface area contributed by atoms with Crippen molar-refractivity contribution in [3.8, 4) is 0 Å². The SMILES string of the molecule is O=C1N(Cc2nc3nc(F)ccc3[nH]2)CC(Cc2ccc(Cl)cc2Cl)N1C1CCOCC1. The number of imidazole rings is 1. The number of fused-ring (bicyclic) bond motifs is 1. The van der Waals surface area contributed by atoms with Crippen LogP contribution in [0.25, 0.3) is 11.2 Å². The third-order valence-corrected chi connectivity index (χ3v) is 6.66. The molecule has 2 saturated heterocycles. The van der Waals surface area contributed by atoms with Gasteiger partial charge in [-0.3, -0.25) is 0 Å². The van der Waals surface area contributed by atoms with Crippen LogP contribution in [0.15, 0.2) is 30.3 Å². The number of rotatable bonds is 5. The van der Waals surface area contributed by atoms with Gasteiger partial charge in [-0.25, -0.2) is 9.78 Å². The molecule has 5 rings (SSSR count). The third-order valence-electron chi connectivity index (χ3n) is 6.07. The minimum absolute atomic E-state index is 0.0356. The predicted molar refractivity (Wildman–Crippen MR) is 119 cm³/mol. The first-order chi connectivity index (χ1) is 15.5. The summed E-state index contributed by atoms with van der Waals surface area (Å²) in [6.07, 6.45) is 2.24. The second kappa shape index (κ2) is 8.84. The van der Waals surface area contributed by atoms with E-state index in [0.717, 1.165) is 18.4 Å². The minimum Gasteiger partial charge on any atom is -0.381 e. The molecular formula is C22H22Cl2FN5O2. The maximum Gasteiger partial charge on any atom is 0.321 e. The smallest absolute Gasteiger partial charge is 0.321 e. The Bertz CT molecular complexity index is 1150. The molecule has 2 fully saturated rings. The molecule has 168 valence electrons. The lowest BCUT2D eigenvalue weighted by molar-refractivity contribution is 0.0415. The highest BCUT2D eigenvalue weighted by molar-refractivity contribution is 6.35. The van der Waals surface area contributed by atoms with Crippen molar-refractivity contribution in [3.63, 3.8) is 0 Å². The van der Waals surface area contributed by atoms with Crippen LogP contribution in [-0.2, 0) is 17.7 Å². The maximum atomic E-state index is 13.5. The fourth-order valence-corrected chi connectivity index (χ4v) is 5.05. The molecule has 2 aromatic heterocycles. The van der Waals surface area contributed by atoms with E-state index in [1.807, 2.05) is 17.0 Å². The molecule has 2 aliphatic heterocycles. The van der Waals surface area contributed by atoms with Crippen molar-refractivity contribution in [1.29, 1.82) is 0 Å². The summed E-state index contributed by atoms with van der Waals surface area (Å²) in [4.78, 5) is 28.5. The molecular weight excluding hydrogens is 456 g/mol. The third kappa shape index (κ3) is 4.27. The van der Waals surface area contributed by atoms with E-state index in [2.05, 4.69) is 15.0 Å². The van der Waals surface area contributed by atoms with Crippen LogP contribution >= 0.6 is 23.2 Å². The van der Waals surface area contributed by atoms with Crippen molar-refractivity contribution in [1.82, 2.24) is 24.8 Å². The first-order valence-corrected chi connectivity index (χ1v) is 11.3. The van der Waals surface area contributed by atoms with Crippen molar-refractivity contribution < 1.29 is 13.9 Å². The van der Waals surface area contributed by atoms with E-state index in [0.29, 0.717) is 59.8 Å². The summed E-state index contributed by atoms with van der Waals surface area (Å²) in [7, 11) is 0. The van der Waals surface area contributed by atoms with Gasteiger partial charge in [0, 0.05) is 35.8 Å². The quantitative estimate of drug-likeness (QED) is 0.551. The molecule has 1 unspecified atom stereocenters. The van der Waals surface area contributed by atoms with Gasteiger partial charge in [-0.2, -0.15) is 9.37 Å². The summed E-state index contributed by atoms with van der Waals surface area (Å²) in [6, 6.07) is 8.38. The Morgan fingerprint density at radius 3 is 2.75 bits per heavy atom. The largest absolute Gasteiger partial charge is 0.381 e. The van der Waals surface area contributed by atoms with Crippen LogP contribution in [0, 0.1) is 5.95 Å². The number of nitrogens with zero attached hydrogens (tertiary/aromatic N) is 4. The molecule has 0 aliphatic carbocycles. The fraction of sp³-hybridized carbons (Fsp3) is 0.409. The van der Waals surface area contributed by atoms with Crippen molar-refractivity contribution in [2.75, 3.05) is 19.8 Å². The second-order valence-electron chi connectivity index (χ2n) is 8.20. The zero-order valence-corrected chi connectivity index (χ0v) is 18.7. The lowest BCUT2D eigenvalue weighted by atomic mass is 10.0. The van der Waals surface area contributed by atoms with Crippen LogP contribution in [-0.4, -0.2) is 62.6 Å². The summed E-state index contributed by atoms with van der Waals surface area (Å²) >= 11 is 12.5. The van der Waals surface area contributed by atoms with Crippen LogP contribution in [0.1, 0.15) is 24.2 Å². The summed E-state index contributed by atoms with van der Waals surface area (Å²) < 4.78 is 18.9. The molecule has 1 N–H and O–H groups in total.